The van der Waals surface area contributed by atoms with Gasteiger partial charge >= 0.3 is 0 Å². The van der Waals surface area contributed by atoms with E-state index in [0.29, 0.717) is 15.7 Å². The van der Waals surface area contributed by atoms with E-state index in [1.165, 1.54) is 16.9 Å². The molecule has 1 amide bonds. The van der Waals surface area contributed by atoms with Crippen LogP contribution in [0.15, 0.2) is 84.2 Å². The van der Waals surface area contributed by atoms with Crippen LogP contribution in [-0.4, -0.2) is 10.9 Å². The summed E-state index contributed by atoms with van der Waals surface area (Å²) in [7, 11) is 0. The molecule has 0 spiro atoms. The van der Waals surface area contributed by atoms with Gasteiger partial charge in [0.15, 0.2) is 5.13 Å². The van der Waals surface area contributed by atoms with E-state index in [1.807, 2.05) is 35.7 Å². The SMILES string of the molecule is O=C(Nc1nc(-c2ccc(-c3ccccc3)cc2)cs1)c1ccccc1Cl. The van der Waals surface area contributed by atoms with Crippen LogP contribution < -0.4 is 5.32 Å². The van der Waals surface area contributed by atoms with Gasteiger partial charge in [0, 0.05) is 10.9 Å². The number of aromatic nitrogens is 1. The van der Waals surface area contributed by atoms with Crippen LogP contribution in [0.5, 0.6) is 0 Å². The number of thiazole rings is 1. The Hall–Kier alpha value is -2.95. The normalized spacial score (nSPS) is 10.6. The zero-order valence-corrected chi connectivity index (χ0v) is 15.8. The fraction of sp³-hybridized carbons (Fsp3) is 0. The van der Waals surface area contributed by atoms with Gasteiger partial charge in [0.1, 0.15) is 0 Å². The van der Waals surface area contributed by atoms with Gasteiger partial charge in [-0.1, -0.05) is 78.3 Å². The molecule has 0 saturated heterocycles. The quantitative estimate of drug-likeness (QED) is 0.439. The lowest BCUT2D eigenvalue weighted by Crippen LogP contribution is -2.12. The van der Waals surface area contributed by atoms with E-state index in [1.54, 1.807) is 24.3 Å². The smallest absolute Gasteiger partial charge is 0.258 e. The van der Waals surface area contributed by atoms with Gasteiger partial charge < -0.3 is 0 Å². The monoisotopic (exact) mass is 390 g/mol. The Bertz CT molecular complexity index is 1070. The second-order valence-electron chi connectivity index (χ2n) is 5.92. The first kappa shape index (κ1) is 17.5. The summed E-state index contributed by atoms with van der Waals surface area (Å²) in [6, 6.07) is 25.4. The van der Waals surface area contributed by atoms with Gasteiger partial charge in [-0.15, -0.1) is 11.3 Å². The van der Waals surface area contributed by atoms with Crippen LogP contribution in [0, 0.1) is 0 Å². The number of nitrogens with zero attached hydrogens (tertiary/aromatic N) is 1. The number of hydrogen-bond acceptors (Lipinski definition) is 3. The molecule has 0 aliphatic rings. The van der Waals surface area contributed by atoms with Crippen LogP contribution in [0.2, 0.25) is 5.02 Å². The summed E-state index contributed by atoms with van der Waals surface area (Å²) in [5.74, 6) is -0.263. The second-order valence-corrected chi connectivity index (χ2v) is 7.18. The molecule has 0 bridgehead atoms. The van der Waals surface area contributed by atoms with Crippen molar-refractivity contribution >= 4 is 34.0 Å². The van der Waals surface area contributed by atoms with Crippen LogP contribution in [0.1, 0.15) is 10.4 Å². The Labute approximate surface area is 166 Å². The maximum atomic E-state index is 12.4. The number of carbonyl (C=O) groups excluding carboxylic acids is 1. The lowest BCUT2D eigenvalue weighted by atomic mass is 10.0. The first-order valence-electron chi connectivity index (χ1n) is 8.38. The van der Waals surface area contributed by atoms with Crippen molar-refractivity contribution in [1.29, 1.82) is 0 Å². The highest BCUT2D eigenvalue weighted by Crippen LogP contribution is 2.28. The van der Waals surface area contributed by atoms with E-state index in [-0.39, 0.29) is 5.91 Å². The van der Waals surface area contributed by atoms with E-state index in [0.717, 1.165) is 16.8 Å². The van der Waals surface area contributed by atoms with Crippen molar-refractivity contribution in [1.82, 2.24) is 4.98 Å². The predicted octanol–water partition coefficient (Wildman–Crippen LogP) is 6.38. The van der Waals surface area contributed by atoms with Gasteiger partial charge in [-0.3, -0.25) is 10.1 Å². The third kappa shape index (κ3) is 3.92. The Balaban J connectivity index is 1.51. The number of anilines is 1. The molecule has 1 N–H and O–H groups in total. The summed E-state index contributed by atoms with van der Waals surface area (Å²) in [6.45, 7) is 0. The van der Waals surface area contributed by atoms with Gasteiger partial charge in [0.25, 0.3) is 5.91 Å². The third-order valence-electron chi connectivity index (χ3n) is 4.13. The average molecular weight is 391 g/mol. The van der Waals surface area contributed by atoms with E-state index in [4.69, 9.17) is 11.6 Å². The molecule has 27 heavy (non-hydrogen) atoms. The third-order valence-corrected chi connectivity index (χ3v) is 5.22. The first-order chi connectivity index (χ1) is 13.2. The molecule has 0 unspecified atom stereocenters. The molecule has 0 aliphatic heterocycles. The van der Waals surface area contributed by atoms with Gasteiger partial charge in [-0.25, -0.2) is 4.98 Å². The number of carbonyl (C=O) groups is 1. The van der Waals surface area contributed by atoms with Crippen LogP contribution in [0.25, 0.3) is 22.4 Å². The Kier molecular flexibility index (Phi) is 5.01. The minimum atomic E-state index is -0.263. The lowest BCUT2D eigenvalue weighted by Gasteiger charge is -2.04. The summed E-state index contributed by atoms with van der Waals surface area (Å²) in [6.07, 6.45) is 0. The van der Waals surface area contributed by atoms with Gasteiger partial charge in [0.2, 0.25) is 0 Å². The van der Waals surface area contributed by atoms with Crippen molar-refractivity contribution in [2.24, 2.45) is 0 Å². The van der Waals surface area contributed by atoms with Crippen molar-refractivity contribution < 1.29 is 4.79 Å². The number of amides is 1. The zero-order valence-electron chi connectivity index (χ0n) is 14.2. The number of rotatable bonds is 4. The van der Waals surface area contributed by atoms with Crippen molar-refractivity contribution in [3.05, 3.63) is 94.8 Å². The molecule has 4 aromatic rings. The molecule has 0 atom stereocenters. The molecule has 0 saturated carbocycles. The van der Waals surface area contributed by atoms with Crippen LogP contribution in [0.4, 0.5) is 5.13 Å². The Morgan fingerprint density at radius 3 is 2.19 bits per heavy atom. The summed E-state index contributed by atoms with van der Waals surface area (Å²) < 4.78 is 0. The number of halogens is 1. The summed E-state index contributed by atoms with van der Waals surface area (Å²) in [5, 5.41) is 5.70. The van der Waals surface area contributed by atoms with Crippen LogP contribution in [-0.2, 0) is 0 Å². The largest absolute Gasteiger partial charge is 0.298 e. The maximum absolute atomic E-state index is 12.4. The molecule has 0 radical (unpaired) electrons. The molecule has 1 aromatic heterocycles. The molecule has 4 rings (SSSR count). The fourth-order valence-corrected chi connectivity index (χ4v) is 3.67. The topological polar surface area (TPSA) is 42.0 Å². The molecule has 0 fully saturated rings. The Morgan fingerprint density at radius 1 is 0.815 bits per heavy atom. The number of hydrogen-bond donors (Lipinski definition) is 1. The average Bonchev–Trinajstić information content (AvgIpc) is 3.17. The minimum Gasteiger partial charge on any atom is -0.298 e. The summed E-state index contributed by atoms with van der Waals surface area (Å²) >= 11 is 7.46. The summed E-state index contributed by atoms with van der Waals surface area (Å²) in [5.41, 5.74) is 4.60. The number of nitrogens with one attached hydrogen (secondary N) is 1. The molecule has 3 nitrogen and oxygen atoms in total. The van der Waals surface area contributed by atoms with E-state index >= 15 is 0 Å². The molecule has 3 aromatic carbocycles. The Morgan fingerprint density at radius 2 is 1.44 bits per heavy atom. The fourth-order valence-electron chi connectivity index (χ4n) is 2.74. The lowest BCUT2D eigenvalue weighted by molar-refractivity contribution is 0.102. The van der Waals surface area contributed by atoms with Crippen molar-refractivity contribution in [3.63, 3.8) is 0 Å². The van der Waals surface area contributed by atoms with Gasteiger partial charge in [0.05, 0.1) is 16.3 Å². The molecule has 5 heteroatoms. The molecule has 1 heterocycles. The van der Waals surface area contributed by atoms with E-state index < -0.39 is 0 Å². The van der Waals surface area contributed by atoms with Crippen molar-refractivity contribution in [3.8, 4) is 22.4 Å². The molecule has 0 aliphatic carbocycles. The van der Waals surface area contributed by atoms with Crippen LogP contribution in [0.3, 0.4) is 0 Å². The highest BCUT2D eigenvalue weighted by Gasteiger charge is 2.12. The first-order valence-corrected chi connectivity index (χ1v) is 9.64. The predicted molar refractivity (Wildman–Crippen MR) is 112 cm³/mol. The summed E-state index contributed by atoms with van der Waals surface area (Å²) in [4.78, 5) is 16.9. The van der Waals surface area contributed by atoms with E-state index in [9.17, 15) is 4.79 Å². The molecular weight excluding hydrogens is 376 g/mol. The van der Waals surface area contributed by atoms with Crippen molar-refractivity contribution in [2.75, 3.05) is 5.32 Å². The molecular formula is C22H15ClN2OS. The minimum absolute atomic E-state index is 0.263. The van der Waals surface area contributed by atoms with Crippen molar-refractivity contribution in [2.45, 2.75) is 0 Å². The highest BCUT2D eigenvalue weighted by atomic mass is 35.5. The van der Waals surface area contributed by atoms with Gasteiger partial charge in [-0.05, 0) is 23.3 Å². The van der Waals surface area contributed by atoms with Gasteiger partial charge in [-0.2, -0.15) is 0 Å². The standard InChI is InChI=1S/C22H15ClN2OS/c23-19-9-5-4-8-18(19)21(26)25-22-24-20(14-27-22)17-12-10-16(11-13-17)15-6-2-1-3-7-15/h1-14H,(H,24,25,26). The molecule has 132 valence electrons. The van der Waals surface area contributed by atoms with Crippen LogP contribution >= 0.6 is 22.9 Å². The van der Waals surface area contributed by atoms with E-state index in [2.05, 4.69) is 34.6 Å². The second kappa shape index (κ2) is 7.74. The number of benzene rings is 3. The zero-order chi connectivity index (χ0) is 18.6. The highest BCUT2D eigenvalue weighted by molar-refractivity contribution is 7.14. The maximum Gasteiger partial charge on any atom is 0.258 e.